The van der Waals surface area contributed by atoms with E-state index in [1.807, 2.05) is 20.2 Å². The zero-order valence-electron chi connectivity index (χ0n) is 10.9. The minimum atomic E-state index is -0.428. The largest absolute Gasteiger partial charge is 0.305 e. The molecule has 2 aromatic rings. The van der Waals surface area contributed by atoms with Crippen molar-refractivity contribution in [2.45, 2.75) is 13.0 Å². The highest BCUT2D eigenvalue weighted by Crippen LogP contribution is 2.19. The topological polar surface area (TPSA) is 71.8 Å². The molecule has 104 valence electrons. The van der Waals surface area contributed by atoms with E-state index in [4.69, 9.17) is 0 Å². The van der Waals surface area contributed by atoms with Gasteiger partial charge in [-0.15, -0.1) is 23.7 Å². The van der Waals surface area contributed by atoms with Crippen LogP contribution in [0.5, 0.6) is 0 Å². The number of carbonyl (C=O) groups is 1. The summed E-state index contributed by atoms with van der Waals surface area (Å²) in [6.45, 7) is 1.95. The van der Waals surface area contributed by atoms with Crippen molar-refractivity contribution in [1.29, 1.82) is 0 Å². The van der Waals surface area contributed by atoms with E-state index in [1.54, 1.807) is 24.1 Å². The van der Waals surface area contributed by atoms with E-state index in [-0.39, 0.29) is 18.3 Å². The van der Waals surface area contributed by atoms with Gasteiger partial charge in [-0.2, -0.15) is 5.10 Å². The van der Waals surface area contributed by atoms with Crippen LogP contribution in [0.25, 0.3) is 0 Å². The van der Waals surface area contributed by atoms with Crippen molar-refractivity contribution < 1.29 is 4.79 Å². The lowest BCUT2D eigenvalue weighted by molar-refractivity contribution is -0.118. The summed E-state index contributed by atoms with van der Waals surface area (Å²) in [6, 6.07) is -0.428. The van der Waals surface area contributed by atoms with Gasteiger partial charge in [-0.3, -0.25) is 9.48 Å². The van der Waals surface area contributed by atoms with Gasteiger partial charge >= 0.3 is 0 Å². The van der Waals surface area contributed by atoms with Crippen molar-refractivity contribution in [2.75, 3.05) is 12.4 Å². The van der Waals surface area contributed by atoms with Crippen LogP contribution in [0.1, 0.15) is 16.5 Å². The molecule has 2 heterocycles. The number of thiazole rings is 1. The highest BCUT2D eigenvalue weighted by Gasteiger charge is 2.20. The SMILES string of the molecule is CNC(C(=O)Nc1ncc(C)s1)c1cnn(C)c1.Cl. The first-order valence-corrected chi connectivity index (χ1v) is 6.31. The predicted octanol–water partition coefficient (Wildman–Crippen LogP) is 1.51. The molecule has 0 fully saturated rings. The smallest absolute Gasteiger partial charge is 0.247 e. The maximum Gasteiger partial charge on any atom is 0.247 e. The van der Waals surface area contributed by atoms with Gasteiger partial charge in [0.2, 0.25) is 5.91 Å². The Labute approximate surface area is 121 Å². The minimum Gasteiger partial charge on any atom is -0.305 e. The number of hydrogen-bond acceptors (Lipinski definition) is 5. The van der Waals surface area contributed by atoms with Crippen LogP contribution in [0.4, 0.5) is 5.13 Å². The van der Waals surface area contributed by atoms with Gasteiger partial charge < -0.3 is 10.6 Å². The van der Waals surface area contributed by atoms with Gasteiger partial charge in [0.15, 0.2) is 5.13 Å². The van der Waals surface area contributed by atoms with Crippen LogP contribution >= 0.6 is 23.7 Å². The number of amides is 1. The fraction of sp³-hybridized carbons (Fsp3) is 0.364. The standard InChI is InChI=1S/C11H15N5OS.ClH/c1-7-4-13-11(18-7)15-10(17)9(12-2)8-5-14-16(3)6-8;/h4-6,9,12H,1-3H3,(H,13,15,17);1H. The van der Waals surface area contributed by atoms with Gasteiger partial charge in [0.05, 0.1) is 6.20 Å². The number of aryl methyl sites for hydroxylation is 2. The molecule has 0 saturated heterocycles. The highest BCUT2D eigenvalue weighted by atomic mass is 35.5. The molecule has 19 heavy (non-hydrogen) atoms. The first kappa shape index (κ1) is 15.6. The number of nitrogens with one attached hydrogen (secondary N) is 2. The second kappa shape index (κ2) is 6.65. The normalized spacial score (nSPS) is 11.7. The average Bonchev–Trinajstić information content (AvgIpc) is 2.89. The average molecular weight is 302 g/mol. The first-order chi connectivity index (χ1) is 8.60. The third-order valence-electron chi connectivity index (χ3n) is 2.46. The Balaban J connectivity index is 0.00000180. The molecular weight excluding hydrogens is 286 g/mol. The number of anilines is 1. The number of carbonyl (C=O) groups excluding carboxylic acids is 1. The lowest BCUT2D eigenvalue weighted by Crippen LogP contribution is -2.30. The first-order valence-electron chi connectivity index (χ1n) is 5.49. The van der Waals surface area contributed by atoms with E-state index in [9.17, 15) is 4.79 Å². The molecule has 0 saturated carbocycles. The van der Waals surface area contributed by atoms with Gasteiger partial charge in [0, 0.05) is 29.9 Å². The zero-order valence-corrected chi connectivity index (χ0v) is 12.5. The number of rotatable bonds is 4. The zero-order chi connectivity index (χ0) is 13.1. The Kier molecular flexibility index (Phi) is 5.46. The Morgan fingerprint density at radius 3 is 2.68 bits per heavy atom. The second-order valence-corrected chi connectivity index (χ2v) is 5.17. The molecule has 0 aliphatic rings. The lowest BCUT2D eigenvalue weighted by Gasteiger charge is -2.12. The Hall–Kier alpha value is -1.44. The Morgan fingerprint density at radius 1 is 1.47 bits per heavy atom. The third-order valence-corrected chi connectivity index (χ3v) is 3.29. The number of halogens is 1. The van der Waals surface area contributed by atoms with Gasteiger partial charge in [-0.1, -0.05) is 0 Å². The molecule has 1 atom stereocenters. The van der Waals surface area contributed by atoms with Gasteiger partial charge in [-0.05, 0) is 14.0 Å². The Bertz CT molecular complexity index is 553. The monoisotopic (exact) mass is 301 g/mol. The third kappa shape index (κ3) is 3.76. The van der Waals surface area contributed by atoms with Gasteiger partial charge in [0.25, 0.3) is 0 Å². The molecule has 2 rings (SSSR count). The van der Waals surface area contributed by atoms with Gasteiger partial charge in [0.1, 0.15) is 6.04 Å². The van der Waals surface area contributed by atoms with E-state index in [0.29, 0.717) is 5.13 Å². The second-order valence-electron chi connectivity index (χ2n) is 3.93. The number of aromatic nitrogens is 3. The molecule has 6 nitrogen and oxygen atoms in total. The summed E-state index contributed by atoms with van der Waals surface area (Å²) in [5, 5.41) is 10.4. The summed E-state index contributed by atoms with van der Waals surface area (Å²) < 4.78 is 1.67. The molecule has 8 heteroatoms. The van der Waals surface area contributed by atoms with Crippen molar-refractivity contribution in [3.05, 3.63) is 29.0 Å². The summed E-state index contributed by atoms with van der Waals surface area (Å²) in [5.74, 6) is -0.139. The lowest BCUT2D eigenvalue weighted by atomic mass is 10.1. The fourth-order valence-electron chi connectivity index (χ4n) is 1.63. The van der Waals surface area contributed by atoms with E-state index < -0.39 is 6.04 Å². The number of hydrogen-bond donors (Lipinski definition) is 2. The molecule has 0 bridgehead atoms. The summed E-state index contributed by atoms with van der Waals surface area (Å²) in [4.78, 5) is 17.3. The Morgan fingerprint density at radius 2 is 2.21 bits per heavy atom. The van der Waals surface area contributed by atoms with E-state index in [2.05, 4.69) is 20.7 Å². The maximum absolute atomic E-state index is 12.1. The summed E-state index contributed by atoms with van der Waals surface area (Å²) >= 11 is 1.45. The van der Waals surface area contributed by atoms with Crippen molar-refractivity contribution in [2.24, 2.45) is 7.05 Å². The van der Waals surface area contributed by atoms with Crippen LogP contribution < -0.4 is 10.6 Å². The maximum atomic E-state index is 12.1. The molecule has 1 amide bonds. The van der Waals surface area contributed by atoms with Crippen molar-refractivity contribution in [3.63, 3.8) is 0 Å². The molecule has 0 radical (unpaired) electrons. The van der Waals surface area contributed by atoms with Gasteiger partial charge in [-0.25, -0.2) is 4.98 Å². The van der Waals surface area contributed by atoms with Crippen LogP contribution in [0.3, 0.4) is 0 Å². The molecule has 0 aliphatic heterocycles. The molecule has 0 aliphatic carbocycles. The summed E-state index contributed by atoms with van der Waals surface area (Å²) in [7, 11) is 3.56. The van der Waals surface area contributed by atoms with Crippen LogP contribution in [-0.2, 0) is 11.8 Å². The molecule has 2 N–H and O–H groups in total. The summed E-state index contributed by atoms with van der Waals surface area (Å²) in [6.07, 6.45) is 5.22. The van der Waals surface area contributed by atoms with E-state index >= 15 is 0 Å². The molecule has 0 spiro atoms. The highest BCUT2D eigenvalue weighted by molar-refractivity contribution is 7.15. The minimum absolute atomic E-state index is 0. The molecule has 2 aromatic heterocycles. The van der Waals surface area contributed by atoms with Crippen LogP contribution in [0.2, 0.25) is 0 Å². The number of nitrogens with zero attached hydrogens (tertiary/aromatic N) is 3. The van der Waals surface area contributed by atoms with Crippen molar-refractivity contribution in [3.8, 4) is 0 Å². The number of likely N-dealkylation sites (N-methyl/N-ethyl adjacent to an activating group) is 1. The van der Waals surface area contributed by atoms with Crippen LogP contribution in [-0.4, -0.2) is 27.7 Å². The van der Waals surface area contributed by atoms with Crippen LogP contribution in [0, 0.1) is 6.92 Å². The van der Waals surface area contributed by atoms with Crippen LogP contribution in [0.15, 0.2) is 18.6 Å². The predicted molar refractivity (Wildman–Crippen MR) is 77.7 cm³/mol. The molecule has 1 unspecified atom stereocenters. The van der Waals surface area contributed by atoms with E-state index in [0.717, 1.165) is 10.4 Å². The van der Waals surface area contributed by atoms with Crippen molar-refractivity contribution >= 4 is 34.8 Å². The molecular formula is C11H16ClN5OS. The molecule has 0 aromatic carbocycles. The quantitative estimate of drug-likeness (QED) is 0.898. The summed E-state index contributed by atoms with van der Waals surface area (Å²) in [5.41, 5.74) is 0.825. The van der Waals surface area contributed by atoms with E-state index in [1.165, 1.54) is 11.3 Å². The fourth-order valence-corrected chi connectivity index (χ4v) is 2.30. The van der Waals surface area contributed by atoms with Crippen molar-refractivity contribution in [1.82, 2.24) is 20.1 Å².